The Labute approximate surface area is 138 Å². The summed E-state index contributed by atoms with van der Waals surface area (Å²) in [6, 6.07) is 0. The van der Waals surface area contributed by atoms with Crippen LogP contribution in [0.3, 0.4) is 0 Å². The Morgan fingerprint density at radius 3 is 2.55 bits per heavy atom. The van der Waals surface area contributed by atoms with Crippen LogP contribution in [-0.2, 0) is 9.53 Å². The first-order valence-electron chi connectivity index (χ1n) is 9.44. The smallest absolute Gasteiger partial charge is 0.306 e. The summed E-state index contributed by atoms with van der Waals surface area (Å²) in [5.74, 6) is 1.12. The van der Waals surface area contributed by atoms with Gasteiger partial charge in [-0.05, 0) is 43.4 Å². The van der Waals surface area contributed by atoms with Crippen LogP contribution in [0.2, 0.25) is 0 Å². The normalized spacial score (nSPS) is 27.2. The van der Waals surface area contributed by atoms with Gasteiger partial charge < -0.3 is 4.74 Å². The summed E-state index contributed by atoms with van der Waals surface area (Å²) in [5, 5.41) is 0. The summed E-state index contributed by atoms with van der Waals surface area (Å²) in [4.78, 5) is 11.6. The van der Waals surface area contributed by atoms with E-state index in [2.05, 4.69) is 19.9 Å². The highest BCUT2D eigenvalue weighted by Gasteiger charge is 2.44. The highest BCUT2D eigenvalue weighted by Crippen LogP contribution is 2.54. The van der Waals surface area contributed by atoms with E-state index in [1.54, 1.807) is 0 Å². The van der Waals surface area contributed by atoms with E-state index in [-0.39, 0.29) is 5.97 Å². The second-order valence-corrected chi connectivity index (χ2v) is 6.17. The molecular weight excluding hydrogens is 272 g/mol. The van der Waals surface area contributed by atoms with Crippen LogP contribution in [-0.4, -0.2) is 12.6 Å². The Bertz CT molecular complexity index is 346. The Hall–Kier alpha value is -0.790. The first-order valence-corrected chi connectivity index (χ1v) is 9.44. The standard InChI is InChI=1S/C16H26O2.2C2H6/c1-4-18-15(17)11-12(2)14-9-8-13-7-5-6-10-16(13,14)3;2*1-2/h9,12-13H,4-8,10-11H2,1-3H3;2*1-2H3/t12-,13?,16?;;/m0../s1. The molecule has 2 aliphatic carbocycles. The van der Waals surface area contributed by atoms with Gasteiger partial charge in [0.1, 0.15) is 0 Å². The molecule has 2 aliphatic rings. The number of rotatable bonds is 4. The maximum atomic E-state index is 11.6. The van der Waals surface area contributed by atoms with Gasteiger partial charge in [0.25, 0.3) is 0 Å². The maximum absolute atomic E-state index is 11.6. The highest BCUT2D eigenvalue weighted by atomic mass is 16.5. The highest BCUT2D eigenvalue weighted by molar-refractivity contribution is 5.70. The molecule has 22 heavy (non-hydrogen) atoms. The summed E-state index contributed by atoms with van der Waals surface area (Å²) in [6.07, 6.45) is 9.57. The Morgan fingerprint density at radius 2 is 1.95 bits per heavy atom. The van der Waals surface area contributed by atoms with Crippen LogP contribution in [0.25, 0.3) is 0 Å². The molecule has 0 bridgehead atoms. The molecule has 0 aliphatic heterocycles. The molecule has 0 spiro atoms. The third-order valence-electron chi connectivity index (χ3n) is 4.99. The van der Waals surface area contributed by atoms with Crippen LogP contribution < -0.4 is 0 Å². The zero-order valence-electron chi connectivity index (χ0n) is 16.0. The first kappa shape index (κ1) is 21.2. The van der Waals surface area contributed by atoms with E-state index >= 15 is 0 Å². The molecule has 2 rings (SSSR count). The predicted molar refractivity (Wildman–Crippen MR) is 95.9 cm³/mol. The molecule has 1 fully saturated rings. The van der Waals surface area contributed by atoms with Crippen LogP contribution in [0.15, 0.2) is 11.6 Å². The molecule has 0 heterocycles. The van der Waals surface area contributed by atoms with Crippen molar-refractivity contribution >= 4 is 5.97 Å². The van der Waals surface area contributed by atoms with Gasteiger partial charge in [-0.3, -0.25) is 4.79 Å². The minimum Gasteiger partial charge on any atom is -0.466 e. The number of fused-ring (bicyclic) bond motifs is 1. The molecular formula is C20H38O2. The zero-order chi connectivity index (χ0) is 17.2. The van der Waals surface area contributed by atoms with Crippen molar-refractivity contribution < 1.29 is 9.53 Å². The van der Waals surface area contributed by atoms with Crippen molar-refractivity contribution in [1.29, 1.82) is 0 Å². The zero-order valence-corrected chi connectivity index (χ0v) is 16.0. The van der Waals surface area contributed by atoms with Crippen molar-refractivity contribution in [3.63, 3.8) is 0 Å². The minimum absolute atomic E-state index is 0.0474. The molecule has 0 aromatic carbocycles. The monoisotopic (exact) mass is 310 g/mol. The van der Waals surface area contributed by atoms with Crippen molar-refractivity contribution in [3.8, 4) is 0 Å². The molecule has 0 aromatic rings. The number of hydrogen-bond acceptors (Lipinski definition) is 2. The lowest BCUT2D eigenvalue weighted by Crippen LogP contribution is -2.31. The molecule has 3 atom stereocenters. The van der Waals surface area contributed by atoms with Gasteiger partial charge in [0, 0.05) is 0 Å². The number of ether oxygens (including phenoxy) is 1. The number of esters is 1. The van der Waals surface area contributed by atoms with Gasteiger partial charge >= 0.3 is 5.97 Å². The van der Waals surface area contributed by atoms with E-state index < -0.39 is 0 Å². The molecule has 2 heteroatoms. The van der Waals surface area contributed by atoms with E-state index in [9.17, 15) is 4.79 Å². The third kappa shape index (κ3) is 5.14. The summed E-state index contributed by atoms with van der Waals surface area (Å²) in [5.41, 5.74) is 1.89. The van der Waals surface area contributed by atoms with Gasteiger partial charge in [-0.1, -0.05) is 66.0 Å². The van der Waals surface area contributed by atoms with Gasteiger partial charge in [0.05, 0.1) is 13.0 Å². The fourth-order valence-electron chi connectivity index (χ4n) is 4.01. The second-order valence-electron chi connectivity index (χ2n) is 6.17. The number of carbonyl (C=O) groups excluding carboxylic acids is 1. The predicted octanol–water partition coefficient (Wildman–Crippen LogP) is 6.15. The van der Waals surface area contributed by atoms with Crippen molar-refractivity contribution in [3.05, 3.63) is 11.6 Å². The quantitative estimate of drug-likeness (QED) is 0.459. The van der Waals surface area contributed by atoms with Crippen LogP contribution >= 0.6 is 0 Å². The van der Waals surface area contributed by atoms with E-state index in [0.29, 0.717) is 24.4 Å². The van der Waals surface area contributed by atoms with Crippen LogP contribution in [0.4, 0.5) is 0 Å². The Balaban J connectivity index is 0.00000102. The van der Waals surface area contributed by atoms with Crippen LogP contribution in [0.1, 0.15) is 87.0 Å². The Morgan fingerprint density at radius 1 is 1.32 bits per heavy atom. The topological polar surface area (TPSA) is 26.3 Å². The van der Waals surface area contributed by atoms with Gasteiger partial charge in [0.2, 0.25) is 0 Å². The van der Waals surface area contributed by atoms with Gasteiger partial charge in [0.15, 0.2) is 0 Å². The molecule has 0 aromatic heterocycles. The van der Waals surface area contributed by atoms with E-state index in [1.165, 1.54) is 37.7 Å². The average molecular weight is 311 g/mol. The minimum atomic E-state index is -0.0474. The SMILES string of the molecule is CC.CC.CCOC(=O)C[C@H](C)C1=CCC2CCCCC12C. The molecule has 130 valence electrons. The molecule has 1 saturated carbocycles. The largest absolute Gasteiger partial charge is 0.466 e. The molecule has 0 amide bonds. The summed E-state index contributed by atoms with van der Waals surface area (Å²) >= 11 is 0. The van der Waals surface area contributed by atoms with Crippen molar-refractivity contribution in [1.82, 2.24) is 0 Å². The van der Waals surface area contributed by atoms with E-state index in [4.69, 9.17) is 4.74 Å². The van der Waals surface area contributed by atoms with Crippen molar-refractivity contribution in [2.45, 2.75) is 87.0 Å². The number of hydrogen-bond donors (Lipinski definition) is 0. The molecule has 0 saturated heterocycles. The molecule has 2 nitrogen and oxygen atoms in total. The summed E-state index contributed by atoms with van der Waals surface area (Å²) < 4.78 is 5.07. The lowest BCUT2D eigenvalue weighted by atomic mass is 9.64. The molecule has 0 N–H and O–H groups in total. The third-order valence-corrected chi connectivity index (χ3v) is 4.99. The lowest BCUT2D eigenvalue weighted by Gasteiger charge is -2.41. The van der Waals surface area contributed by atoms with Gasteiger partial charge in [-0.25, -0.2) is 0 Å². The Kier molecular flexibility index (Phi) is 10.5. The fraction of sp³-hybridized carbons (Fsp3) is 0.850. The van der Waals surface area contributed by atoms with Crippen LogP contribution in [0, 0.1) is 17.3 Å². The van der Waals surface area contributed by atoms with E-state index in [1.807, 2.05) is 34.6 Å². The molecule has 0 radical (unpaired) electrons. The fourth-order valence-corrected chi connectivity index (χ4v) is 4.01. The summed E-state index contributed by atoms with van der Waals surface area (Å²) in [6.45, 7) is 15.0. The maximum Gasteiger partial charge on any atom is 0.306 e. The number of allylic oxidation sites excluding steroid dienone is 2. The summed E-state index contributed by atoms with van der Waals surface area (Å²) in [7, 11) is 0. The first-order chi connectivity index (χ1) is 10.6. The number of carbonyl (C=O) groups is 1. The average Bonchev–Trinajstić information content (AvgIpc) is 2.88. The van der Waals surface area contributed by atoms with Gasteiger partial charge in [-0.15, -0.1) is 0 Å². The van der Waals surface area contributed by atoms with E-state index in [0.717, 1.165) is 5.92 Å². The molecule has 2 unspecified atom stereocenters. The lowest BCUT2D eigenvalue weighted by molar-refractivity contribution is -0.143. The van der Waals surface area contributed by atoms with Crippen molar-refractivity contribution in [2.24, 2.45) is 17.3 Å². The van der Waals surface area contributed by atoms with Crippen molar-refractivity contribution in [2.75, 3.05) is 6.61 Å². The van der Waals surface area contributed by atoms with Crippen LogP contribution in [0.5, 0.6) is 0 Å². The second kappa shape index (κ2) is 10.9. The van der Waals surface area contributed by atoms with Gasteiger partial charge in [-0.2, -0.15) is 0 Å².